The van der Waals surface area contributed by atoms with Gasteiger partial charge in [0.1, 0.15) is 5.00 Å². The van der Waals surface area contributed by atoms with E-state index in [9.17, 15) is 9.59 Å². The van der Waals surface area contributed by atoms with Crippen molar-refractivity contribution < 1.29 is 14.3 Å². The lowest BCUT2D eigenvalue weighted by molar-refractivity contribution is -0.117. The number of thiophene rings is 1. The molecule has 19 heavy (non-hydrogen) atoms. The fourth-order valence-electron chi connectivity index (χ4n) is 2.15. The van der Waals surface area contributed by atoms with Gasteiger partial charge in [-0.05, 0) is 12.5 Å². The number of esters is 1. The summed E-state index contributed by atoms with van der Waals surface area (Å²) in [6.45, 7) is 6.35. The van der Waals surface area contributed by atoms with E-state index in [0.29, 0.717) is 23.5 Å². The van der Waals surface area contributed by atoms with Crippen molar-refractivity contribution in [3.8, 4) is 0 Å². The average molecular weight is 279 g/mol. The highest BCUT2D eigenvalue weighted by Crippen LogP contribution is 2.36. The van der Waals surface area contributed by atoms with Crippen LogP contribution < -0.4 is 4.90 Å². The summed E-state index contributed by atoms with van der Waals surface area (Å²) in [6, 6.07) is 1.82. The molecule has 4 nitrogen and oxygen atoms in total. The Morgan fingerprint density at radius 3 is 2.95 bits per heavy atom. The predicted octanol–water partition coefficient (Wildman–Crippen LogP) is 2.64. The summed E-state index contributed by atoms with van der Waals surface area (Å²) in [7, 11) is 1.35. The smallest absolute Gasteiger partial charge is 0.340 e. The third-order valence-corrected chi connectivity index (χ3v) is 4.55. The molecule has 0 radical (unpaired) electrons. The Labute approximate surface area is 116 Å². The highest BCUT2D eigenvalue weighted by Gasteiger charge is 2.32. The molecular weight excluding hydrogens is 262 g/mol. The van der Waals surface area contributed by atoms with Gasteiger partial charge in [0.2, 0.25) is 5.91 Å². The summed E-state index contributed by atoms with van der Waals surface area (Å²) in [5, 5.41) is 0.707. The predicted molar refractivity (Wildman–Crippen MR) is 75.7 cm³/mol. The van der Waals surface area contributed by atoms with Crippen molar-refractivity contribution >= 4 is 28.2 Å². The zero-order valence-corrected chi connectivity index (χ0v) is 12.0. The van der Waals surface area contributed by atoms with Crippen molar-refractivity contribution in [2.45, 2.75) is 19.8 Å². The van der Waals surface area contributed by atoms with Gasteiger partial charge in [-0.1, -0.05) is 13.0 Å². The van der Waals surface area contributed by atoms with Gasteiger partial charge in [-0.15, -0.1) is 17.9 Å². The fraction of sp³-hybridized carbons (Fsp3) is 0.429. The Balaban J connectivity index is 2.38. The first-order chi connectivity index (χ1) is 9.10. The van der Waals surface area contributed by atoms with E-state index in [1.54, 1.807) is 11.0 Å². The first-order valence-corrected chi connectivity index (χ1v) is 7.06. The summed E-state index contributed by atoms with van der Waals surface area (Å²) in [5.74, 6) is -0.189. The molecule has 1 atom stereocenters. The normalized spacial score (nSPS) is 18.7. The number of nitrogens with zero attached hydrogens (tertiary/aromatic N) is 1. The lowest BCUT2D eigenvalue weighted by atomic mass is 10.1. The van der Waals surface area contributed by atoms with Gasteiger partial charge >= 0.3 is 5.97 Å². The molecule has 102 valence electrons. The van der Waals surface area contributed by atoms with Crippen LogP contribution in [0.15, 0.2) is 18.7 Å². The Bertz CT molecular complexity index is 521. The number of ether oxygens (including phenoxy) is 1. The third-order valence-electron chi connectivity index (χ3n) is 3.25. The second-order valence-corrected chi connectivity index (χ2v) is 5.60. The molecule has 1 aliphatic rings. The van der Waals surface area contributed by atoms with Crippen molar-refractivity contribution in [2.75, 3.05) is 18.6 Å². The molecule has 0 N–H and O–H groups in total. The zero-order chi connectivity index (χ0) is 14.0. The van der Waals surface area contributed by atoms with Gasteiger partial charge in [0, 0.05) is 23.8 Å². The maximum Gasteiger partial charge on any atom is 0.340 e. The molecule has 1 aliphatic heterocycles. The molecule has 1 amide bonds. The van der Waals surface area contributed by atoms with Crippen LogP contribution in [-0.4, -0.2) is 25.5 Å². The van der Waals surface area contributed by atoms with E-state index in [0.717, 1.165) is 11.3 Å². The molecule has 2 rings (SSSR count). The molecule has 0 aromatic carbocycles. The highest BCUT2D eigenvalue weighted by molar-refractivity contribution is 7.16. The molecule has 1 aromatic heterocycles. The van der Waals surface area contributed by atoms with Gasteiger partial charge in [0.25, 0.3) is 0 Å². The first-order valence-electron chi connectivity index (χ1n) is 6.24. The van der Waals surface area contributed by atoms with Gasteiger partial charge in [-0.25, -0.2) is 4.79 Å². The van der Waals surface area contributed by atoms with Crippen LogP contribution in [0.2, 0.25) is 0 Å². The second kappa shape index (κ2) is 5.57. The minimum atomic E-state index is -0.388. The molecule has 0 bridgehead atoms. The molecule has 0 saturated carbocycles. The van der Waals surface area contributed by atoms with Crippen LogP contribution in [0.5, 0.6) is 0 Å². The zero-order valence-electron chi connectivity index (χ0n) is 11.1. The number of hydrogen-bond acceptors (Lipinski definition) is 4. The van der Waals surface area contributed by atoms with Crippen LogP contribution in [0.1, 0.15) is 28.6 Å². The third kappa shape index (κ3) is 2.56. The Kier molecular flexibility index (Phi) is 4.04. The molecule has 2 heterocycles. The molecule has 1 fully saturated rings. The van der Waals surface area contributed by atoms with Crippen LogP contribution in [0.3, 0.4) is 0 Å². The van der Waals surface area contributed by atoms with Crippen LogP contribution in [0.25, 0.3) is 0 Å². The van der Waals surface area contributed by atoms with E-state index in [1.807, 2.05) is 13.0 Å². The monoisotopic (exact) mass is 279 g/mol. The fourth-order valence-corrected chi connectivity index (χ4v) is 3.26. The molecule has 1 aromatic rings. The summed E-state index contributed by atoms with van der Waals surface area (Å²) in [6.07, 6.45) is 3.09. The molecule has 1 unspecified atom stereocenters. The lowest BCUT2D eigenvalue weighted by Crippen LogP contribution is -2.25. The number of carbonyl (C=O) groups is 2. The Hall–Kier alpha value is -1.62. The number of carbonyl (C=O) groups excluding carboxylic acids is 2. The van der Waals surface area contributed by atoms with Crippen molar-refractivity contribution in [2.24, 2.45) is 5.92 Å². The largest absolute Gasteiger partial charge is 0.465 e. The first kappa shape index (κ1) is 13.8. The van der Waals surface area contributed by atoms with E-state index < -0.39 is 0 Å². The van der Waals surface area contributed by atoms with Crippen LogP contribution in [0.4, 0.5) is 5.00 Å². The van der Waals surface area contributed by atoms with Crippen LogP contribution in [0, 0.1) is 5.92 Å². The lowest BCUT2D eigenvalue weighted by Gasteiger charge is -2.15. The molecule has 0 aliphatic carbocycles. The summed E-state index contributed by atoms with van der Waals surface area (Å²) in [4.78, 5) is 26.6. The maximum absolute atomic E-state index is 12.0. The molecular formula is C14H17NO3S. The van der Waals surface area contributed by atoms with E-state index >= 15 is 0 Å². The van der Waals surface area contributed by atoms with E-state index in [2.05, 4.69) is 6.58 Å². The van der Waals surface area contributed by atoms with Crippen LogP contribution >= 0.6 is 11.3 Å². The van der Waals surface area contributed by atoms with Crippen molar-refractivity contribution in [3.05, 3.63) is 29.2 Å². The summed E-state index contributed by atoms with van der Waals surface area (Å²) >= 11 is 1.49. The molecule has 0 spiro atoms. The Morgan fingerprint density at radius 2 is 2.42 bits per heavy atom. The van der Waals surface area contributed by atoms with Gasteiger partial charge in [0.15, 0.2) is 0 Å². The summed E-state index contributed by atoms with van der Waals surface area (Å²) < 4.78 is 4.79. The number of amides is 1. The van der Waals surface area contributed by atoms with Gasteiger partial charge < -0.3 is 9.64 Å². The average Bonchev–Trinajstić information content (AvgIpc) is 3.00. The van der Waals surface area contributed by atoms with E-state index in [4.69, 9.17) is 4.74 Å². The number of rotatable bonds is 4. The number of methoxy groups -OCH3 is 1. The number of aryl methyl sites for hydroxylation is 1. The minimum Gasteiger partial charge on any atom is -0.465 e. The Morgan fingerprint density at radius 1 is 1.68 bits per heavy atom. The molecule has 1 saturated heterocycles. The number of hydrogen-bond donors (Lipinski definition) is 0. The standard InChI is InChI=1S/C14H17NO3S/c1-4-9-6-12(16)15(8-9)13-11(14(17)18-3)7-10(5-2)19-13/h4,7,9H,1,5-6,8H2,2-3H3. The second-order valence-electron chi connectivity index (χ2n) is 4.48. The van der Waals surface area contributed by atoms with Gasteiger partial charge in [-0.3, -0.25) is 4.79 Å². The maximum atomic E-state index is 12.0. The summed E-state index contributed by atoms with van der Waals surface area (Å²) in [5.41, 5.74) is 0.488. The quantitative estimate of drug-likeness (QED) is 0.629. The molecule has 5 heteroatoms. The SMILES string of the molecule is C=CC1CC(=O)N(c2sc(CC)cc2C(=O)OC)C1. The van der Waals surface area contributed by atoms with E-state index in [-0.39, 0.29) is 17.8 Å². The highest BCUT2D eigenvalue weighted by atomic mass is 32.1. The number of anilines is 1. The van der Waals surface area contributed by atoms with Crippen molar-refractivity contribution in [1.29, 1.82) is 0 Å². The van der Waals surface area contributed by atoms with Crippen molar-refractivity contribution in [1.82, 2.24) is 0 Å². The van der Waals surface area contributed by atoms with Crippen molar-refractivity contribution in [3.63, 3.8) is 0 Å². The van der Waals surface area contributed by atoms with E-state index in [1.165, 1.54) is 18.4 Å². The topological polar surface area (TPSA) is 46.6 Å². The van der Waals surface area contributed by atoms with Gasteiger partial charge in [-0.2, -0.15) is 0 Å². The van der Waals surface area contributed by atoms with Gasteiger partial charge in [0.05, 0.1) is 12.7 Å². The van der Waals surface area contributed by atoms with Crippen LogP contribution in [-0.2, 0) is 16.0 Å². The minimum absolute atomic E-state index is 0.0413.